The van der Waals surface area contributed by atoms with E-state index < -0.39 is 0 Å². The van der Waals surface area contributed by atoms with Crippen LogP contribution >= 0.6 is 0 Å². The van der Waals surface area contributed by atoms with Crippen molar-refractivity contribution in [1.29, 1.82) is 0 Å². The van der Waals surface area contributed by atoms with E-state index in [2.05, 4.69) is 24.5 Å². The van der Waals surface area contributed by atoms with Gasteiger partial charge in [0.25, 0.3) is 5.91 Å². The van der Waals surface area contributed by atoms with E-state index in [9.17, 15) is 4.79 Å². The molecule has 2 rings (SSSR count). The normalized spacial score (nSPS) is 22.4. The number of hydrogen-bond donors (Lipinski definition) is 2. The van der Waals surface area contributed by atoms with E-state index in [0.717, 1.165) is 17.2 Å². The van der Waals surface area contributed by atoms with E-state index >= 15 is 0 Å². The van der Waals surface area contributed by atoms with Gasteiger partial charge in [-0.3, -0.25) is 4.79 Å². The molecule has 1 aliphatic carbocycles. The molecule has 3 heteroatoms. The maximum absolute atomic E-state index is 11.9. The van der Waals surface area contributed by atoms with E-state index in [1.807, 2.05) is 25.1 Å². The van der Waals surface area contributed by atoms with Gasteiger partial charge in [0, 0.05) is 23.8 Å². The molecule has 1 aromatic rings. The summed E-state index contributed by atoms with van der Waals surface area (Å²) in [6.07, 6.45) is 5.10. The molecule has 0 spiro atoms. The molecule has 0 aromatic heterocycles. The Hall–Kier alpha value is -1.51. The molecular weight excluding hydrogens is 248 g/mol. The fourth-order valence-corrected chi connectivity index (χ4v) is 2.97. The monoisotopic (exact) mass is 274 g/mol. The molecule has 0 radical (unpaired) electrons. The molecule has 110 valence electrons. The number of hydrogen-bond acceptors (Lipinski definition) is 2. The first kappa shape index (κ1) is 14.9. The molecule has 1 aliphatic rings. The molecule has 1 amide bonds. The molecule has 0 saturated heterocycles. The summed E-state index contributed by atoms with van der Waals surface area (Å²) >= 11 is 0. The predicted octanol–water partition coefficient (Wildman–Crippen LogP) is 3.74. The van der Waals surface area contributed by atoms with Crippen LogP contribution in [0.1, 0.15) is 55.5 Å². The first-order valence-corrected chi connectivity index (χ1v) is 7.75. The second-order valence-corrected chi connectivity index (χ2v) is 6.00. The molecule has 20 heavy (non-hydrogen) atoms. The van der Waals surface area contributed by atoms with Crippen molar-refractivity contribution in [3.63, 3.8) is 0 Å². The van der Waals surface area contributed by atoms with Crippen LogP contribution < -0.4 is 10.6 Å². The zero-order chi connectivity index (χ0) is 14.5. The number of aryl methyl sites for hydroxylation is 1. The van der Waals surface area contributed by atoms with Crippen molar-refractivity contribution in [2.24, 2.45) is 5.92 Å². The first-order valence-electron chi connectivity index (χ1n) is 7.75. The third kappa shape index (κ3) is 3.75. The van der Waals surface area contributed by atoms with Gasteiger partial charge in [-0.15, -0.1) is 0 Å². The lowest BCUT2D eigenvalue weighted by molar-refractivity contribution is 0.0956. The summed E-state index contributed by atoms with van der Waals surface area (Å²) in [6, 6.07) is 6.45. The smallest absolute Gasteiger partial charge is 0.251 e. The van der Waals surface area contributed by atoms with Crippen LogP contribution in [0, 0.1) is 12.8 Å². The summed E-state index contributed by atoms with van der Waals surface area (Å²) in [5.41, 5.74) is 3.05. The lowest BCUT2D eigenvalue weighted by atomic mass is 9.87. The van der Waals surface area contributed by atoms with E-state index in [1.54, 1.807) is 0 Å². The fourth-order valence-electron chi connectivity index (χ4n) is 2.97. The summed E-state index contributed by atoms with van der Waals surface area (Å²) in [5.74, 6) is 0.806. The Morgan fingerprint density at radius 1 is 1.35 bits per heavy atom. The van der Waals surface area contributed by atoms with Gasteiger partial charge in [0.05, 0.1) is 0 Å². The molecule has 1 saturated carbocycles. The van der Waals surface area contributed by atoms with Crippen molar-refractivity contribution < 1.29 is 4.79 Å². The van der Waals surface area contributed by atoms with E-state index in [4.69, 9.17) is 0 Å². The van der Waals surface area contributed by atoms with Crippen LogP contribution in [-0.2, 0) is 0 Å². The van der Waals surface area contributed by atoms with Crippen molar-refractivity contribution in [3.05, 3.63) is 29.3 Å². The third-order valence-electron chi connectivity index (χ3n) is 4.13. The molecular formula is C17H26N2O. The second-order valence-electron chi connectivity index (χ2n) is 6.00. The Balaban J connectivity index is 2.10. The zero-order valence-electron chi connectivity index (χ0n) is 12.8. The third-order valence-corrected chi connectivity index (χ3v) is 4.13. The highest BCUT2D eigenvalue weighted by atomic mass is 16.1. The van der Waals surface area contributed by atoms with Gasteiger partial charge in [-0.05, 0) is 50.3 Å². The largest absolute Gasteiger partial charge is 0.382 e. The average Bonchev–Trinajstić information content (AvgIpc) is 2.41. The molecule has 1 aromatic carbocycles. The molecule has 2 unspecified atom stereocenters. The summed E-state index contributed by atoms with van der Waals surface area (Å²) in [6.45, 7) is 7.02. The van der Waals surface area contributed by atoms with E-state index in [1.165, 1.54) is 31.2 Å². The molecule has 1 fully saturated rings. The second kappa shape index (κ2) is 6.78. The Kier molecular flexibility index (Phi) is 5.05. The van der Waals surface area contributed by atoms with Crippen LogP contribution in [0.3, 0.4) is 0 Å². The molecule has 2 N–H and O–H groups in total. The van der Waals surface area contributed by atoms with Gasteiger partial charge >= 0.3 is 0 Å². The van der Waals surface area contributed by atoms with Gasteiger partial charge in [-0.1, -0.05) is 25.8 Å². The Bertz CT molecular complexity index is 470. The summed E-state index contributed by atoms with van der Waals surface area (Å²) in [5, 5.41) is 6.49. The molecule has 0 bridgehead atoms. The van der Waals surface area contributed by atoms with E-state index in [-0.39, 0.29) is 5.91 Å². The number of rotatable bonds is 4. The number of benzene rings is 1. The minimum Gasteiger partial charge on any atom is -0.382 e. The van der Waals surface area contributed by atoms with Crippen LogP contribution in [0.4, 0.5) is 5.69 Å². The fraction of sp³-hybridized carbons (Fsp3) is 0.588. The Morgan fingerprint density at radius 2 is 2.15 bits per heavy atom. The minimum atomic E-state index is 0.00700. The maximum atomic E-state index is 11.9. The molecule has 0 aliphatic heterocycles. The quantitative estimate of drug-likeness (QED) is 0.878. The minimum absolute atomic E-state index is 0.00700. The van der Waals surface area contributed by atoms with Crippen molar-refractivity contribution in [1.82, 2.24) is 5.32 Å². The van der Waals surface area contributed by atoms with Crippen LogP contribution in [-0.4, -0.2) is 18.5 Å². The zero-order valence-corrected chi connectivity index (χ0v) is 12.8. The predicted molar refractivity (Wildman–Crippen MR) is 84.2 cm³/mol. The van der Waals surface area contributed by atoms with Gasteiger partial charge in [0.15, 0.2) is 0 Å². The Morgan fingerprint density at radius 3 is 2.85 bits per heavy atom. The van der Waals surface area contributed by atoms with Gasteiger partial charge in [-0.25, -0.2) is 0 Å². The standard InChI is InChI=1S/C17H26N2O/c1-4-18-17(20)14-9-8-13(3)16(11-14)19-15-7-5-6-12(2)10-15/h8-9,11-12,15,19H,4-7,10H2,1-3H3,(H,18,20). The number of carbonyl (C=O) groups excluding carboxylic acids is 1. The van der Waals surface area contributed by atoms with Gasteiger partial charge in [0.1, 0.15) is 0 Å². The number of anilines is 1. The van der Waals surface area contributed by atoms with Crippen LogP contribution in [0.15, 0.2) is 18.2 Å². The number of amides is 1. The van der Waals surface area contributed by atoms with Crippen LogP contribution in [0.25, 0.3) is 0 Å². The highest BCUT2D eigenvalue weighted by molar-refractivity contribution is 5.95. The topological polar surface area (TPSA) is 41.1 Å². The number of nitrogens with one attached hydrogen (secondary N) is 2. The Labute approximate surface area is 122 Å². The lowest BCUT2D eigenvalue weighted by Gasteiger charge is -2.29. The van der Waals surface area contributed by atoms with Gasteiger partial charge in [0.2, 0.25) is 0 Å². The summed E-state index contributed by atoms with van der Waals surface area (Å²) in [7, 11) is 0. The van der Waals surface area contributed by atoms with Crippen LogP contribution in [0.2, 0.25) is 0 Å². The summed E-state index contributed by atoms with van der Waals surface area (Å²) < 4.78 is 0. The van der Waals surface area contributed by atoms with E-state index in [0.29, 0.717) is 12.6 Å². The molecule has 3 nitrogen and oxygen atoms in total. The highest BCUT2D eigenvalue weighted by Crippen LogP contribution is 2.27. The maximum Gasteiger partial charge on any atom is 0.251 e. The summed E-state index contributed by atoms with van der Waals surface area (Å²) in [4.78, 5) is 11.9. The lowest BCUT2D eigenvalue weighted by Crippen LogP contribution is -2.27. The molecule has 2 atom stereocenters. The molecule has 0 heterocycles. The van der Waals surface area contributed by atoms with Crippen molar-refractivity contribution in [2.45, 2.75) is 52.5 Å². The van der Waals surface area contributed by atoms with Gasteiger partial charge < -0.3 is 10.6 Å². The van der Waals surface area contributed by atoms with Crippen molar-refractivity contribution in [2.75, 3.05) is 11.9 Å². The van der Waals surface area contributed by atoms with Crippen LogP contribution in [0.5, 0.6) is 0 Å². The average molecular weight is 274 g/mol. The first-order chi connectivity index (χ1) is 9.60. The SMILES string of the molecule is CCNC(=O)c1ccc(C)c(NC2CCCC(C)C2)c1. The van der Waals surface area contributed by atoms with Crippen molar-refractivity contribution >= 4 is 11.6 Å². The highest BCUT2D eigenvalue weighted by Gasteiger charge is 2.19. The van der Waals surface area contributed by atoms with Crippen molar-refractivity contribution in [3.8, 4) is 0 Å². The van der Waals surface area contributed by atoms with Gasteiger partial charge in [-0.2, -0.15) is 0 Å². The number of carbonyl (C=O) groups is 1.